The van der Waals surface area contributed by atoms with E-state index in [0.29, 0.717) is 12.6 Å². The molecular weight excluding hydrogens is 248 g/mol. The summed E-state index contributed by atoms with van der Waals surface area (Å²) in [5.41, 5.74) is 2.71. The molecule has 1 aliphatic rings. The van der Waals surface area contributed by atoms with Gasteiger partial charge in [-0.2, -0.15) is 5.10 Å². The minimum Gasteiger partial charge on any atom is -0.303 e. The summed E-state index contributed by atoms with van der Waals surface area (Å²) in [6.45, 7) is 0.702. The highest BCUT2D eigenvalue weighted by Gasteiger charge is 2.22. The van der Waals surface area contributed by atoms with Crippen molar-refractivity contribution in [3.63, 3.8) is 0 Å². The Labute approximate surface area is 111 Å². The van der Waals surface area contributed by atoms with Crippen LogP contribution in [0.4, 0.5) is 0 Å². The molecule has 0 saturated carbocycles. The summed E-state index contributed by atoms with van der Waals surface area (Å²) in [7, 11) is 1.88. The number of hydrogen-bond acceptors (Lipinski definition) is 3. The Morgan fingerprint density at radius 1 is 1.50 bits per heavy atom. The van der Waals surface area contributed by atoms with Crippen LogP contribution in [0, 0.1) is 0 Å². The number of aromatic nitrogens is 3. The number of aryl methyl sites for hydroxylation is 2. The van der Waals surface area contributed by atoms with Crippen LogP contribution >= 0.6 is 11.6 Å². The Morgan fingerprint density at radius 2 is 2.39 bits per heavy atom. The average molecular weight is 263 g/mol. The molecule has 1 atom stereocenters. The Hall–Kier alpha value is -1.39. The van der Waals surface area contributed by atoms with Gasteiger partial charge in [-0.1, -0.05) is 17.7 Å². The summed E-state index contributed by atoms with van der Waals surface area (Å²) in [5.74, 6) is 0.833. The third-order valence-electron chi connectivity index (χ3n) is 3.34. The molecule has 0 fully saturated rings. The molecule has 4 nitrogen and oxygen atoms in total. The number of halogens is 1. The third kappa shape index (κ3) is 2.26. The minimum atomic E-state index is 0.390. The molecule has 0 spiro atoms. The fraction of sp³-hybridized carbons (Fsp3) is 0.385. The van der Waals surface area contributed by atoms with Gasteiger partial charge in [0.05, 0.1) is 6.54 Å². The maximum absolute atomic E-state index is 6.00. The molecule has 0 saturated heterocycles. The van der Waals surface area contributed by atoms with Gasteiger partial charge >= 0.3 is 0 Å². The minimum absolute atomic E-state index is 0.390. The van der Waals surface area contributed by atoms with Crippen molar-refractivity contribution in [2.75, 3.05) is 0 Å². The molecule has 1 aromatic carbocycles. The van der Waals surface area contributed by atoms with Gasteiger partial charge in [0.15, 0.2) is 5.82 Å². The molecule has 3 rings (SSSR count). The average Bonchev–Trinajstić information content (AvgIpc) is 2.92. The van der Waals surface area contributed by atoms with Crippen LogP contribution in [0.1, 0.15) is 29.4 Å². The summed E-state index contributed by atoms with van der Waals surface area (Å²) in [6, 6.07) is 6.53. The molecule has 1 aromatic heterocycles. The normalized spacial score (nSPS) is 18.0. The first-order chi connectivity index (χ1) is 8.72. The lowest BCUT2D eigenvalue weighted by atomic mass is 10.1. The summed E-state index contributed by atoms with van der Waals surface area (Å²) >= 11 is 6.00. The Kier molecular flexibility index (Phi) is 3.06. The SMILES string of the molecule is Cn1cnc(CNC2CCc3cc(Cl)ccc32)n1. The van der Waals surface area contributed by atoms with Crippen LogP contribution in [0.3, 0.4) is 0 Å². The van der Waals surface area contributed by atoms with Crippen molar-refractivity contribution in [1.82, 2.24) is 20.1 Å². The van der Waals surface area contributed by atoms with Crippen LogP contribution in [0.5, 0.6) is 0 Å². The standard InChI is InChI=1S/C13H15ClN4/c1-18-8-16-13(17-18)7-15-12-5-2-9-6-10(14)3-4-11(9)12/h3-4,6,8,12,15H,2,5,7H2,1H3. The largest absolute Gasteiger partial charge is 0.303 e. The van der Waals surface area contributed by atoms with Crippen molar-refractivity contribution in [3.05, 3.63) is 46.5 Å². The van der Waals surface area contributed by atoms with Crippen LogP contribution in [0.25, 0.3) is 0 Å². The molecule has 1 heterocycles. The van der Waals surface area contributed by atoms with Gasteiger partial charge in [0.1, 0.15) is 6.33 Å². The Bertz CT molecular complexity index is 564. The Balaban J connectivity index is 1.69. The van der Waals surface area contributed by atoms with Gasteiger partial charge in [-0.15, -0.1) is 0 Å². The lowest BCUT2D eigenvalue weighted by Crippen LogP contribution is -2.19. The van der Waals surface area contributed by atoms with Gasteiger partial charge in [-0.05, 0) is 36.1 Å². The van der Waals surface area contributed by atoms with E-state index in [0.717, 1.165) is 23.7 Å². The van der Waals surface area contributed by atoms with Crippen molar-refractivity contribution >= 4 is 11.6 Å². The molecular formula is C13H15ClN4. The number of benzene rings is 1. The molecule has 2 aromatic rings. The van der Waals surface area contributed by atoms with E-state index in [1.807, 2.05) is 13.1 Å². The maximum atomic E-state index is 6.00. The van der Waals surface area contributed by atoms with Crippen molar-refractivity contribution in [2.45, 2.75) is 25.4 Å². The van der Waals surface area contributed by atoms with Crippen molar-refractivity contribution in [1.29, 1.82) is 0 Å². The second-order valence-corrected chi connectivity index (χ2v) is 5.09. The molecule has 0 aliphatic heterocycles. The monoisotopic (exact) mass is 262 g/mol. The highest BCUT2D eigenvalue weighted by molar-refractivity contribution is 6.30. The topological polar surface area (TPSA) is 42.7 Å². The van der Waals surface area contributed by atoms with E-state index in [1.165, 1.54) is 11.1 Å². The van der Waals surface area contributed by atoms with Crippen LogP contribution in [-0.2, 0) is 20.0 Å². The van der Waals surface area contributed by atoms with E-state index in [2.05, 4.69) is 27.5 Å². The van der Waals surface area contributed by atoms with E-state index >= 15 is 0 Å². The fourth-order valence-corrected chi connectivity index (χ4v) is 2.67. The van der Waals surface area contributed by atoms with Gasteiger partial charge in [0, 0.05) is 18.1 Å². The van der Waals surface area contributed by atoms with Gasteiger partial charge in [0.25, 0.3) is 0 Å². The van der Waals surface area contributed by atoms with E-state index in [-0.39, 0.29) is 0 Å². The van der Waals surface area contributed by atoms with Crippen LogP contribution in [0.2, 0.25) is 5.02 Å². The van der Waals surface area contributed by atoms with E-state index in [9.17, 15) is 0 Å². The second-order valence-electron chi connectivity index (χ2n) is 4.65. The second kappa shape index (κ2) is 4.71. The molecule has 18 heavy (non-hydrogen) atoms. The highest BCUT2D eigenvalue weighted by Crippen LogP contribution is 2.32. The maximum Gasteiger partial charge on any atom is 0.164 e. The van der Waals surface area contributed by atoms with E-state index in [4.69, 9.17) is 11.6 Å². The lowest BCUT2D eigenvalue weighted by Gasteiger charge is -2.12. The smallest absolute Gasteiger partial charge is 0.164 e. The first-order valence-corrected chi connectivity index (χ1v) is 6.46. The first kappa shape index (κ1) is 11.7. The van der Waals surface area contributed by atoms with Crippen LogP contribution < -0.4 is 5.32 Å². The van der Waals surface area contributed by atoms with Gasteiger partial charge < -0.3 is 5.32 Å². The molecule has 0 radical (unpaired) electrons. The molecule has 1 aliphatic carbocycles. The quantitative estimate of drug-likeness (QED) is 0.923. The zero-order valence-corrected chi connectivity index (χ0v) is 11.0. The summed E-state index contributed by atoms with van der Waals surface area (Å²) in [5, 5.41) is 8.59. The lowest BCUT2D eigenvalue weighted by molar-refractivity contribution is 0.517. The van der Waals surface area contributed by atoms with Gasteiger partial charge in [-0.25, -0.2) is 4.98 Å². The van der Waals surface area contributed by atoms with E-state index in [1.54, 1.807) is 11.0 Å². The van der Waals surface area contributed by atoms with Crippen molar-refractivity contribution in [2.24, 2.45) is 7.05 Å². The molecule has 1 unspecified atom stereocenters. The van der Waals surface area contributed by atoms with Crippen molar-refractivity contribution < 1.29 is 0 Å². The summed E-state index contributed by atoms with van der Waals surface area (Å²) < 4.78 is 1.72. The number of hydrogen-bond donors (Lipinski definition) is 1. The van der Waals surface area contributed by atoms with E-state index < -0.39 is 0 Å². The fourth-order valence-electron chi connectivity index (χ4n) is 2.48. The first-order valence-electron chi connectivity index (χ1n) is 6.08. The predicted octanol–water partition coefficient (Wildman–Crippen LogP) is 2.25. The summed E-state index contributed by atoms with van der Waals surface area (Å²) in [4.78, 5) is 4.22. The number of fused-ring (bicyclic) bond motifs is 1. The molecule has 0 bridgehead atoms. The zero-order valence-electron chi connectivity index (χ0n) is 10.2. The van der Waals surface area contributed by atoms with Gasteiger partial charge in [0.2, 0.25) is 0 Å². The number of nitrogens with one attached hydrogen (secondary N) is 1. The van der Waals surface area contributed by atoms with Gasteiger partial charge in [-0.3, -0.25) is 4.68 Å². The molecule has 1 N–H and O–H groups in total. The highest BCUT2D eigenvalue weighted by atomic mass is 35.5. The molecule has 0 amide bonds. The zero-order chi connectivity index (χ0) is 12.5. The molecule has 94 valence electrons. The third-order valence-corrected chi connectivity index (χ3v) is 3.57. The van der Waals surface area contributed by atoms with Crippen molar-refractivity contribution in [3.8, 4) is 0 Å². The molecule has 5 heteroatoms. The van der Waals surface area contributed by atoms with Crippen LogP contribution in [-0.4, -0.2) is 14.8 Å². The van der Waals surface area contributed by atoms with Crippen LogP contribution in [0.15, 0.2) is 24.5 Å². The summed E-state index contributed by atoms with van der Waals surface area (Å²) in [6.07, 6.45) is 3.92. The predicted molar refractivity (Wildman–Crippen MR) is 70.4 cm³/mol. The number of rotatable bonds is 3. The number of nitrogens with zero attached hydrogens (tertiary/aromatic N) is 3. The Morgan fingerprint density at radius 3 is 3.17 bits per heavy atom.